The van der Waals surface area contributed by atoms with E-state index < -0.39 is 0 Å². The summed E-state index contributed by atoms with van der Waals surface area (Å²) in [4.78, 5) is 12.5. The molecule has 132 valence electrons. The number of fused-ring (bicyclic) bond motifs is 1. The summed E-state index contributed by atoms with van der Waals surface area (Å²) < 4.78 is 5.92. The van der Waals surface area contributed by atoms with Crippen LogP contribution in [-0.4, -0.2) is 43.7 Å². The van der Waals surface area contributed by atoms with Gasteiger partial charge in [-0.15, -0.1) is 0 Å². The summed E-state index contributed by atoms with van der Waals surface area (Å²) in [5.74, 6) is 0.945. The SMILES string of the molecule is CCC(CNC(=O)C1NNC2CCNCC21)Oc1ccccc1Cl. The maximum absolute atomic E-state index is 12.5. The van der Waals surface area contributed by atoms with Gasteiger partial charge in [0.1, 0.15) is 17.9 Å². The lowest BCUT2D eigenvalue weighted by Crippen LogP contribution is -2.50. The van der Waals surface area contributed by atoms with Crippen molar-refractivity contribution in [2.45, 2.75) is 38.0 Å². The number of halogens is 1. The van der Waals surface area contributed by atoms with Crippen LogP contribution >= 0.6 is 11.6 Å². The second-order valence-corrected chi connectivity index (χ2v) is 6.76. The highest BCUT2D eigenvalue weighted by Crippen LogP contribution is 2.25. The number of amides is 1. The number of hydrazine groups is 1. The van der Waals surface area contributed by atoms with Gasteiger partial charge in [-0.05, 0) is 31.5 Å². The second kappa shape index (κ2) is 8.16. The molecule has 0 saturated carbocycles. The van der Waals surface area contributed by atoms with Crippen LogP contribution in [0.4, 0.5) is 0 Å². The molecule has 4 N–H and O–H groups in total. The molecule has 0 aromatic heterocycles. The Morgan fingerprint density at radius 1 is 1.42 bits per heavy atom. The smallest absolute Gasteiger partial charge is 0.239 e. The van der Waals surface area contributed by atoms with Gasteiger partial charge in [0, 0.05) is 18.5 Å². The third-order valence-electron chi connectivity index (χ3n) is 4.75. The van der Waals surface area contributed by atoms with Gasteiger partial charge >= 0.3 is 0 Å². The maximum Gasteiger partial charge on any atom is 0.239 e. The van der Waals surface area contributed by atoms with Gasteiger partial charge in [0.2, 0.25) is 5.91 Å². The van der Waals surface area contributed by atoms with Crippen LogP contribution in [0.2, 0.25) is 5.02 Å². The van der Waals surface area contributed by atoms with Crippen molar-refractivity contribution in [3.05, 3.63) is 29.3 Å². The summed E-state index contributed by atoms with van der Waals surface area (Å²) in [6, 6.07) is 7.55. The number of hydrogen-bond acceptors (Lipinski definition) is 5. The Labute approximate surface area is 147 Å². The van der Waals surface area contributed by atoms with Gasteiger partial charge in [0.05, 0.1) is 11.6 Å². The largest absolute Gasteiger partial charge is 0.487 e. The zero-order valence-electron chi connectivity index (χ0n) is 13.8. The molecule has 6 nitrogen and oxygen atoms in total. The average Bonchev–Trinajstić information content (AvgIpc) is 3.04. The highest BCUT2D eigenvalue weighted by Gasteiger charge is 2.41. The zero-order valence-corrected chi connectivity index (χ0v) is 14.6. The summed E-state index contributed by atoms with van der Waals surface area (Å²) >= 11 is 6.13. The van der Waals surface area contributed by atoms with Crippen molar-refractivity contribution >= 4 is 17.5 Å². The Morgan fingerprint density at radius 3 is 3.04 bits per heavy atom. The van der Waals surface area contributed by atoms with Crippen LogP contribution in [-0.2, 0) is 4.79 Å². The van der Waals surface area contributed by atoms with Crippen LogP contribution in [0.1, 0.15) is 19.8 Å². The van der Waals surface area contributed by atoms with E-state index in [0.717, 1.165) is 25.9 Å². The standard InChI is InChI=1S/C17H25ClN4O2/c1-2-11(24-15-6-4-3-5-13(15)18)9-20-17(23)16-12-10-19-8-7-14(12)21-22-16/h3-6,11-12,14,16,19,21-22H,2,7-10H2,1H3,(H,20,23). The molecule has 0 radical (unpaired) electrons. The van der Waals surface area contributed by atoms with E-state index in [4.69, 9.17) is 16.3 Å². The minimum atomic E-state index is -0.208. The van der Waals surface area contributed by atoms with E-state index in [2.05, 4.69) is 21.5 Å². The molecule has 2 heterocycles. The van der Waals surface area contributed by atoms with Crippen molar-refractivity contribution in [1.29, 1.82) is 0 Å². The van der Waals surface area contributed by atoms with E-state index in [-0.39, 0.29) is 24.0 Å². The van der Waals surface area contributed by atoms with Gasteiger partial charge < -0.3 is 15.4 Å². The molecule has 0 bridgehead atoms. The number of piperidine rings is 1. The molecule has 2 saturated heterocycles. The van der Waals surface area contributed by atoms with E-state index in [1.807, 2.05) is 25.1 Å². The van der Waals surface area contributed by atoms with Gasteiger partial charge in [-0.25, -0.2) is 5.43 Å². The fraction of sp³-hybridized carbons (Fsp3) is 0.588. The van der Waals surface area contributed by atoms with Gasteiger partial charge in [-0.3, -0.25) is 10.2 Å². The monoisotopic (exact) mass is 352 g/mol. The first-order valence-corrected chi connectivity index (χ1v) is 8.97. The zero-order chi connectivity index (χ0) is 16.9. The molecule has 0 spiro atoms. The molecule has 1 aromatic rings. The number of rotatable bonds is 6. The van der Waals surface area contributed by atoms with Crippen molar-refractivity contribution in [2.24, 2.45) is 5.92 Å². The lowest BCUT2D eigenvalue weighted by atomic mass is 9.89. The van der Waals surface area contributed by atoms with Crippen LogP contribution in [0.5, 0.6) is 5.75 Å². The van der Waals surface area contributed by atoms with Gasteiger partial charge in [0.25, 0.3) is 0 Å². The highest BCUT2D eigenvalue weighted by atomic mass is 35.5. The predicted octanol–water partition coefficient (Wildman–Crippen LogP) is 1.07. The molecule has 2 fully saturated rings. The van der Waals surface area contributed by atoms with E-state index in [1.165, 1.54) is 0 Å². The molecule has 24 heavy (non-hydrogen) atoms. The van der Waals surface area contributed by atoms with Crippen LogP contribution in [0, 0.1) is 5.92 Å². The molecule has 4 atom stereocenters. The normalized spacial score (nSPS) is 27.3. The lowest BCUT2D eigenvalue weighted by molar-refractivity contribution is -0.124. The summed E-state index contributed by atoms with van der Waals surface area (Å²) in [5.41, 5.74) is 6.37. The Bertz CT molecular complexity index is 571. The minimum Gasteiger partial charge on any atom is -0.487 e. The number of para-hydroxylation sites is 1. The Balaban J connectivity index is 1.52. The van der Waals surface area contributed by atoms with Crippen LogP contribution in [0.25, 0.3) is 0 Å². The molecule has 2 aliphatic heterocycles. The fourth-order valence-electron chi connectivity index (χ4n) is 3.29. The van der Waals surface area contributed by atoms with Crippen molar-refractivity contribution in [3.8, 4) is 5.75 Å². The molecule has 1 aromatic carbocycles. The van der Waals surface area contributed by atoms with E-state index in [9.17, 15) is 4.79 Å². The number of benzene rings is 1. The van der Waals surface area contributed by atoms with Crippen LogP contribution in [0.15, 0.2) is 24.3 Å². The number of ether oxygens (including phenoxy) is 1. The van der Waals surface area contributed by atoms with E-state index in [1.54, 1.807) is 6.07 Å². The fourth-order valence-corrected chi connectivity index (χ4v) is 3.47. The molecular formula is C17H25ClN4O2. The summed E-state index contributed by atoms with van der Waals surface area (Å²) in [7, 11) is 0. The third-order valence-corrected chi connectivity index (χ3v) is 5.07. The van der Waals surface area contributed by atoms with Crippen molar-refractivity contribution in [2.75, 3.05) is 19.6 Å². The first-order chi connectivity index (χ1) is 11.7. The van der Waals surface area contributed by atoms with Crippen molar-refractivity contribution in [3.63, 3.8) is 0 Å². The molecular weight excluding hydrogens is 328 g/mol. The number of carbonyl (C=O) groups is 1. The van der Waals surface area contributed by atoms with Gasteiger partial charge in [-0.2, -0.15) is 0 Å². The highest BCUT2D eigenvalue weighted by molar-refractivity contribution is 6.32. The summed E-state index contributed by atoms with van der Waals surface area (Å²) in [6.07, 6.45) is 1.72. The Hall–Kier alpha value is -1.34. The Kier molecular flexibility index (Phi) is 5.94. The summed E-state index contributed by atoms with van der Waals surface area (Å²) in [5, 5.41) is 6.95. The molecule has 7 heteroatoms. The molecule has 0 aliphatic carbocycles. The molecule has 3 rings (SSSR count). The third kappa shape index (κ3) is 4.00. The number of carbonyl (C=O) groups excluding carboxylic acids is 1. The number of nitrogens with one attached hydrogen (secondary N) is 4. The van der Waals surface area contributed by atoms with Gasteiger partial charge in [0.15, 0.2) is 0 Å². The summed E-state index contributed by atoms with van der Waals surface area (Å²) in [6.45, 7) is 4.34. The number of hydrogen-bond donors (Lipinski definition) is 4. The van der Waals surface area contributed by atoms with Crippen molar-refractivity contribution < 1.29 is 9.53 Å². The topological polar surface area (TPSA) is 74.4 Å². The maximum atomic E-state index is 12.5. The lowest BCUT2D eigenvalue weighted by Gasteiger charge is -2.27. The van der Waals surface area contributed by atoms with Crippen LogP contribution in [0.3, 0.4) is 0 Å². The molecule has 4 unspecified atom stereocenters. The first-order valence-electron chi connectivity index (χ1n) is 8.59. The first kappa shape index (κ1) is 17.5. The molecule has 2 aliphatic rings. The molecule has 1 amide bonds. The average molecular weight is 353 g/mol. The second-order valence-electron chi connectivity index (χ2n) is 6.35. The van der Waals surface area contributed by atoms with E-state index >= 15 is 0 Å². The Morgan fingerprint density at radius 2 is 2.25 bits per heavy atom. The van der Waals surface area contributed by atoms with Crippen molar-refractivity contribution in [1.82, 2.24) is 21.5 Å². The minimum absolute atomic E-state index is 0.0138. The van der Waals surface area contributed by atoms with Gasteiger partial charge in [-0.1, -0.05) is 30.7 Å². The van der Waals surface area contributed by atoms with Crippen LogP contribution < -0.4 is 26.2 Å². The van der Waals surface area contributed by atoms with E-state index in [0.29, 0.717) is 23.4 Å². The quantitative estimate of drug-likeness (QED) is 0.616. The predicted molar refractivity (Wildman–Crippen MR) is 94.0 cm³/mol.